The predicted molar refractivity (Wildman–Crippen MR) is 53.2 cm³/mol. The Morgan fingerprint density at radius 2 is 2.27 bits per heavy atom. The first-order valence-electron chi connectivity index (χ1n) is 4.45. The van der Waals surface area contributed by atoms with Crippen LogP contribution in [0.3, 0.4) is 0 Å². The number of methoxy groups -OCH3 is 1. The van der Waals surface area contributed by atoms with Crippen LogP contribution in [0.25, 0.3) is 11.0 Å². The third kappa shape index (κ3) is 1.71. The van der Waals surface area contributed by atoms with Gasteiger partial charge in [-0.05, 0) is 23.8 Å². The normalized spacial score (nSPS) is 12.7. The molecule has 1 aromatic heterocycles. The quantitative estimate of drug-likeness (QED) is 0.759. The van der Waals surface area contributed by atoms with E-state index in [1.807, 2.05) is 0 Å². The highest BCUT2D eigenvalue weighted by molar-refractivity contribution is 5.81. The van der Waals surface area contributed by atoms with Gasteiger partial charge < -0.3 is 14.3 Å². The Morgan fingerprint density at radius 3 is 3.00 bits per heavy atom. The second-order valence-electron chi connectivity index (χ2n) is 3.14. The lowest BCUT2D eigenvalue weighted by Gasteiger charge is -2.07. The second-order valence-corrected chi connectivity index (χ2v) is 3.14. The van der Waals surface area contributed by atoms with E-state index in [4.69, 9.17) is 4.42 Å². The highest BCUT2D eigenvalue weighted by Gasteiger charge is 2.18. The van der Waals surface area contributed by atoms with Crippen LogP contribution in [0.15, 0.2) is 34.9 Å². The Bertz CT molecular complexity index is 486. The molecule has 1 N–H and O–H groups in total. The third-order valence-electron chi connectivity index (χ3n) is 2.22. The van der Waals surface area contributed by atoms with Crippen molar-refractivity contribution in [3.63, 3.8) is 0 Å². The van der Waals surface area contributed by atoms with E-state index in [0.717, 1.165) is 11.0 Å². The minimum atomic E-state index is -1.24. The Morgan fingerprint density at radius 1 is 1.47 bits per heavy atom. The van der Waals surface area contributed by atoms with Gasteiger partial charge in [0, 0.05) is 5.39 Å². The number of hydrogen-bond donors (Lipinski definition) is 1. The lowest BCUT2D eigenvalue weighted by atomic mass is 10.1. The van der Waals surface area contributed by atoms with Crippen molar-refractivity contribution in [3.8, 4) is 0 Å². The van der Waals surface area contributed by atoms with E-state index in [9.17, 15) is 9.90 Å². The summed E-state index contributed by atoms with van der Waals surface area (Å²) < 4.78 is 9.59. The Hall–Kier alpha value is -1.81. The number of hydrogen-bond acceptors (Lipinski definition) is 4. The van der Waals surface area contributed by atoms with Crippen molar-refractivity contribution >= 4 is 16.9 Å². The number of carbonyl (C=O) groups is 1. The van der Waals surface area contributed by atoms with Gasteiger partial charge in [0.1, 0.15) is 5.58 Å². The summed E-state index contributed by atoms with van der Waals surface area (Å²) >= 11 is 0. The molecule has 4 nitrogen and oxygen atoms in total. The Balaban J connectivity index is 2.39. The van der Waals surface area contributed by atoms with Gasteiger partial charge in [-0.2, -0.15) is 0 Å². The zero-order valence-corrected chi connectivity index (χ0v) is 8.14. The lowest BCUT2D eigenvalue weighted by molar-refractivity contribution is -0.150. The summed E-state index contributed by atoms with van der Waals surface area (Å²) in [5.41, 5.74) is 1.21. The molecule has 1 atom stereocenters. The molecule has 0 saturated carbocycles. The molecule has 15 heavy (non-hydrogen) atoms. The molecule has 0 spiro atoms. The summed E-state index contributed by atoms with van der Waals surface area (Å²) in [6.45, 7) is 0. The number of carbonyl (C=O) groups excluding carboxylic acids is 1. The maximum atomic E-state index is 11.1. The fourth-order valence-corrected chi connectivity index (χ4v) is 1.40. The maximum Gasteiger partial charge on any atom is 0.339 e. The summed E-state index contributed by atoms with van der Waals surface area (Å²) in [6, 6.07) is 6.80. The van der Waals surface area contributed by atoms with Crippen LogP contribution in [0.4, 0.5) is 0 Å². The van der Waals surface area contributed by atoms with Crippen molar-refractivity contribution in [2.24, 2.45) is 0 Å². The molecule has 0 aliphatic rings. The first-order valence-corrected chi connectivity index (χ1v) is 4.45. The Kier molecular flexibility index (Phi) is 2.43. The summed E-state index contributed by atoms with van der Waals surface area (Å²) in [7, 11) is 1.24. The van der Waals surface area contributed by atoms with Gasteiger partial charge in [0.15, 0.2) is 6.10 Å². The summed E-state index contributed by atoms with van der Waals surface area (Å²) in [5.74, 6) is -0.669. The highest BCUT2D eigenvalue weighted by atomic mass is 16.5. The van der Waals surface area contributed by atoms with Crippen LogP contribution in [-0.4, -0.2) is 18.2 Å². The monoisotopic (exact) mass is 206 g/mol. The van der Waals surface area contributed by atoms with Gasteiger partial charge in [0.25, 0.3) is 0 Å². The molecule has 0 amide bonds. The van der Waals surface area contributed by atoms with Gasteiger partial charge in [0.05, 0.1) is 13.4 Å². The predicted octanol–water partition coefficient (Wildman–Crippen LogP) is 1.64. The first-order chi connectivity index (χ1) is 7.22. The number of rotatable bonds is 2. The van der Waals surface area contributed by atoms with Gasteiger partial charge in [-0.25, -0.2) is 4.79 Å². The average Bonchev–Trinajstić information content (AvgIpc) is 2.73. The fourth-order valence-electron chi connectivity index (χ4n) is 1.40. The lowest BCUT2D eigenvalue weighted by Crippen LogP contribution is -2.13. The van der Waals surface area contributed by atoms with Gasteiger partial charge in [-0.3, -0.25) is 0 Å². The SMILES string of the molecule is COC(=O)C(O)c1ccc2occc2c1. The van der Waals surface area contributed by atoms with E-state index in [0.29, 0.717) is 5.56 Å². The number of benzene rings is 1. The number of fused-ring (bicyclic) bond motifs is 1. The van der Waals surface area contributed by atoms with Crippen LogP contribution in [0.2, 0.25) is 0 Å². The molecular formula is C11H10O4. The summed E-state index contributed by atoms with van der Waals surface area (Å²) in [4.78, 5) is 11.1. The summed E-state index contributed by atoms with van der Waals surface area (Å²) in [6.07, 6.45) is 0.313. The molecule has 4 heteroatoms. The molecule has 1 aromatic carbocycles. The van der Waals surface area contributed by atoms with E-state index in [1.165, 1.54) is 7.11 Å². The van der Waals surface area contributed by atoms with Gasteiger partial charge in [-0.1, -0.05) is 6.07 Å². The molecule has 0 aliphatic carbocycles. The van der Waals surface area contributed by atoms with Crippen molar-refractivity contribution < 1.29 is 19.1 Å². The molecule has 0 fully saturated rings. The minimum Gasteiger partial charge on any atom is -0.467 e. The molecule has 78 valence electrons. The van der Waals surface area contributed by atoms with Gasteiger partial charge in [-0.15, -0.1) is 0 Å². The highest BCUT2D eigenvalue weighted by Crippen LogP contribution is 2.21. The fraction of sp³-hybridized carbons (Fsp3) is 0.182. The van der Waals surface area contributed by atoms with Crippen molar-refractivity contribution in [3.05, 3.63) is 36.1 Å². The molecule has 0 aliphatic heterocycles. The standard InChI is InChI=1S/C11H10O4/c1-14-11(13)10(12)8-2-3-9-7(6-8)4-5-15-9/h2-6,10,12H,1H3. The van der Waals surface area contributed by atoms with Crippen LogP contribution in [0.5, 0.6) is 0 Å². The van der Waals surface area contributed by atoms with Crippen molar-refractivity contribution in [2.45, 2.75) is 6.10 Å². The number of furan rings is 1. The van der Waals surface area contributed by atoms with E-state index < -0.39 is 12.1 Å². The largest absolute Gasteiger partial charge is 0.467 e. The molecule has 1 heterocycles. The van der Waals surface area contributed by atoms with Crippen molar-refractivity contribution in [1.29, 1.82) is 0 Å². The third-order valence-corrected chi connectivity index (χ3v) is 2.22. The number of ether oxygens (including phenoxy) is 1. The zero-order chi connectivity index (χ0) is 10.8. The smallest absolute Gasteiger partial charge is 0.339 e. The van der Waals surface area contributed by atoms with Crippen LogP contribution in [-0.2, 0) is 9.53 Å². The van der Waals surface area contributed by atoms with Crippen molar-refractivity contribution in [1.82, 2.24) is 0 Å². The van der Waals surface area contributed by atoms with E-state index in [2.05, 4.69) is 4.74 Å². The molecule has 1 unspecified atom stereocenters. The molecular weight excluding hydrogens is 196 g/mol. The molecule has 2 aromatic rings. The summed E-state index contributed by atoms with van der Waals surface area (Å²) in [5, 5.41) is 10.4. The van der Waals surface area contributed by atoms with Gasteiger partial charge >= 0.3 is 5.97 Å². The van der Waals surface area contributed by atoms with E-state index in [1.54, 1.807) is 30.5 Å². The van der Waals surface area contributed by atoms with E-state index in [-0.39, 0.29) is 0 Å². The van der Waals surface area contributed by atoms with Crippen LogP contribution < -0.4 is 0 Å². The second kappa shape index (κ2) is 3.74. The topological polar surface area (TPSA) is 59.7 Å². The van der Waals surface area contributed by atoms with Crippen LogP contribution in [0.1, 0.15) is 11.7 Å². The first kappa shape index (κ1) is 9.73. The average molecular weight is 206 g/mol. The molecule has 0 saturated heterocycles. The van der Waals surface area contributed by atoms with Crippen molar-refractivity contribution in [2.75, 3.05) is 7.11 Å². The minimum absolute atomic E-state index is 0.496. The van der Waals surface area contributed by atoms with Gasteiger partial charge in [0.2, 0.25) is 0 Å². The number of esters is 1. The maximum absolute atomic E-state index is 11.1. The number of aliphatic hydroxyl groups excluding tert-OH is 1. The van der Waals surface area contributed by atoms with E-state index >= 15 is 0 Å². The zero-order valence-electron chi connectivity index (χ0n) is 8.14. The molecule has 2 rings (SSSR count). The molecule has 0 radical (unpaired) electrons. The van der Waals surface area contributed by atoms with Crippen LogP contribution >= 0.6 is 0 Å². The Labute approximate surface area is 86.1 Å². The number of aliphatic hydroxyl groups is 1. The van der Waals surface area contributed by atoms with Crippen LogP contribution in [0, 0.1) is 0 Å². The molecule has 0 bridgehead atoms.